The lowest BCUT2D eigenvalue weighted by atomic mass is 10.1. The van der Waals surface area contributed by atoms with Crippen LogP contribution < -0.4 is 37.1 Å². The van der Waals surface area contributed by atoms with Gasteiger partial charge in [-0.15, -0.1) is 0 Å². The van der Waals surface area contributed by atoms with Crippen LogP contribution in [0, 0.1) is 0 Å². The molecule has 0 aliphatic carbocycles. The Labute approximate surface area is 308 Å². The molecule has 1 aliphatic heterocycles. The van der Waals surface area contributed by atoms with Crippen LogP contribution >= 0.6 is 0 Å². The Morgan fingerprint density at radius 2 is 1.57 bits per heavy atom. The van der Waals surface area contributed by atoms with Gasteiger partial charge in [-0.3, -0.25) is 4.79 Å². The van der Waals surface area contributed by atoms with Gasteiger partial charge in [-0.2, -0.15) is 0 Å². The quantitative estimate of drug-likeness (QED) is 0.0263. The molecule has 0 amide bonds. The highest BCUT2D eigenvalue weighted by Gasteiger charge is 2.10. The zero-order valence-corrected chi connectivity index (χ0v) is 31.9. The maximum Gasteiger partial charge on any atom is 0.189 e. The van der Waals surface area contributed by atoms with Crippen LogP contribution in [-0.2, 0) is 4.74 Å². The summed E-state index contributed by atoms with van der Waals surface area (Å²) >= 11 is 0. The third kappa shape index (κ3) is 22.7. The van der Waals surface area contributed by atoms with E-state index in [1.54, 1.807) is 18.2 Å². The van der Waals surface area contributed by atoms with Gasteiger partial charge < -0.3 is 56.7 Å². The van der Waals surface area contributed by atoms with Gasteiger partial charge in [0.15, 0.2) is 5.78 Å². The Kier molecular flexibility index (Phi) is 25.9. The van der Waals surface area contributed by atoms with Crippen LogP contribution in [0.25, 0.3) is 0 Å². The van der Waals surface area contributed by atoms with Gasteiger partial charge in [-0.1, -0.05) is 24.6 Å². The monoisotopic (exact) mass is 715 g/mol. The molecule has 1 fully saturated rings. The average Bonchev–Trinajstić information content (AvgIpc) is 3.12. The highest BCUT2D eigenvalue weighted by molar-refractivity contribution is 6.06. The summed E-state index contributed by atoms with van der Waals surface area (Å²) in [7, 11) is 0. The molecule has 0 spiro atoms. The second-order valence-corrected chi connectivity index (χ2v) is 13.0. The SMILES string of the molecule is CCN(CCCCOc1ccc(C(=O)/C=C/C(C)=C/C=C(\C)OCCCCN2CCNCCNCCNCC2)c(O)c1)CCNCCNCCN. The smallest absolute Gasteiger partial charge is 0.189 e. The molecule has 1 saturated heterocycles. The molecule has 1 aromatic carbocycles. The molecule has 1 aromatic rings. The fourth-order valence-electron chi connectivity index (χ4n) is 5.49. The topological polar surface area (TPSA) is 148 Å². The second kappa shape index (κ2) is 29.7. The van der Waals surface area contributed by atoms with Gasteiger partial charge in [0, 0.05) is 97.7 Å². The molecule has 0 saturated carbocycles. The maximum atomic E-state index is 12.8. The number of rotatable bonds is 25. The number of ketones is 1. The van der Waals surface area contributed by atoms with Gasteiger partial charge in [0.05, 0.1) is 24.5 Å². The van der Waals surface area contributed by atoms with E-state index >= 15 is 0 Å². The summed E-state index contributed by atoms with van der Waals surface area (Å²) in [6.07, 6.45) is 11.1. The number of phenols is 1. The summed E-state index contributed by atoms with van der Waals surface area (Å²) in [4.78, 5) is 17.7. The number of phenolic OH excluding ortho intramolecular Hbond substituents is 1. The van der Waals surface area contributed by atoms with Crippen LogP contribution in [0.1, 0.15) is 56.8 Å². The summed E-state index contributed by atoms with van der Waals surface area (Å²) in [5, 5.41) is 27.7. The lowest BCUT2D eigenvalue weighted by molar-refractivity contribution is 0.104. The van der Waals surface area contributed by atoms with Crippen molar-refractivity contribution >= 4 is 5.78 Å². The third-order valence-electron chi connectivity index (χ3n) is 8.67. The number of benzene rings is 1. The minimum atomic E-state index is -0.259. The number of hydrogen-bond donors (Lipinski definition) is 7. The van der Waals surface area contributed by atoms with Crippen molar-refractivity contribution in [3.63, 3.8) is 0 Å². The van der Waals surface area contributed by atoms with E-state index in [0.29, 0.717) is 25.5 Å². The van der Waals surface area contributed by atoms with Crippen molar-refractivity contribution in [1.82, 2.24) is 36.4 Å². The summed E-state index contributed by atoms with van der Waals surface area (Å²) in [5.74, 6) is 1.06. The van der Waals surface area contributed by atoms with E-state index in [1.165, 1.54) is 12.1 Å². The van der Waals surface area contributed by atoms with Crippen molar-refractivity contribution in [2.24, 2.45) is 5.73 Å². The minimum Gasteiger partial charge on any atom is -0.507 e. The van der Waals surface area contributed by atoms with Gasteiger partial charge in [0.2, 0.25) is 0 Å². The van der Waals surface area contributed by atoms with Crippen LogP contribution in [-0.4, -0.2) is 145 Å². The molecule has 1 heterocycles. The van der Waals surface area contributed by atoms with Gasteiger partial charge >= 0.3 is 0 Å². The van der Waals surface area contributed by atoms with Crippen LogP contribution in [0.15, 0.2) is 53.8 Å². The van der Waals surface area contributed by atoms with Crippen LogP contribution in [0.5, 0.6) is 11.5 Å². The Hall–Kier alpha value is -2.81. The first-order chi connectivity index (χ1) is 24.9. The van der Waals surface area contributed by atoms with E-state index in [2.05, 4.69) is 43.3 Å². The molecule has 2 rings (SSSR count). The highest BCUT2D eigenvalue weighted by atomic mass is 16.5. The van der Waals surface area contributed by atoms with Crippen LogP contribution in [0.2, 0.25) is 0 Å². The Morgan fingerprint density at radius 3 is 2.25 bits per heavy atom. The van der Waals surface area contributed by atoms with Crippen LogP contribution in [0.4, 0.5) is 0 Å². The summed E-state index contributed by atoms with van der Waals surface area (Å²) in [5.41, 5.74) is 6.65. The average molecular weight is 715 g/mol. The molecule has 0 atom stereocenters. The van der Waals surface area contributed by atoms with Gasteiger partial charge in [-0.05, 0) is 83.4 Å². The zero-order chi connectivity index (χ0) is 36.8. The molecule has 51 heavy (non-hydrogen) atoms. The van der Waals surface area contributed by atoms with E-state index in [4.69, 9.17) is 15.2 Å². The molecule has 12 nitrogen and oxygen atoms in total. The number of ether oxygens (including phenoxy) is 2. The van der Waals surface area contributed by atoms with Gasteiger partial charge in [0.25, 0.3) is 0 Å². The summed E-state index contributed by atoms with van der Waals surface area (Å²) < 4.78 is 11.8. The molecular weight excluding hydrogens is 644 g/mol. The first-order valence-corrected chi connectivity index (χ1v) is 19.3. The van der Waals surface area contributed by atoms with E-state index in [1.807, 2.05) is 26.0 Å². The largest absolute Gasteiger partial charge is 0.507 e. The predicted octanol–water partition coefficient (Wildman–Crippen LogP) is 2.48. The van der Waals surface area contributed by atoms with E-state index < -0.39 is 0 Å². The zero-order valence-electron chi connectivity index (χ0n) is 31.9. The first-order valence-electron chi connectivity index (χ1n) is 19.3. The lowest BCUT2D eigenvalue weighted by Gasteiger charge is -2.23. The highest BCUT2D eigenvalue weighted by Crippen LogP contribution is 2.24. The predicted molar refractivity (Wildman–Crippen MR) is 211 cm³/mol. The van der Waals surface area contributed by atoms with Crippen molar-refractivity contribution in [2.45, 2.75) is 46.5 Å². The number of nitrogens with one attached hydrogen (secondary N) is 5. The number of allylic oxidation sites excluding steroid dienone is 6. The molecular formula is C39H70N8O4. The Balaban J connectivity index is 1.64. The van der Waals surface area contributed by atoms with Gasteiger partial charge in [0.1, 0.15) is 11.5 Å². The molecule has 1 aliphatic rings. The number of nitrogens with zero attached hydrogens (tertiary/aromatic N) is 2. The molecule has 290 valence electrons. The number of carbonyl (C=O) groups is 1. The Bertz CT molecular complexity index is 1130. The normalized spacial score (nSPS) is 15.9. The molecule has 0 unspecified atom stereocenters. The van der Waals surface area contributed by atoms with E-state index in [9.17, 15) is 9.90 Å². The van der Waals surface area contributed by atoms with Crippen molar-refractivity contribution in [1.29, 1.82) is 0 Å². The van der Waals surface area contributed by atoms with Crippen molar-refractivity contribution in [3.8, 4) is 11.5 Å². The van der Waals surface area contributed by atoms with Crippen LogP contribution in [0.3, 0.4) is 0 Å². The fourth-order valence-corrected chi connectivity index (χ4v) is 5.49. The first kappa shape index (κ1) is 44.4. The van der Waals surface area contributed by atoms with E-state index in [0.717, 1.165) is 142 Å². The third-order valence-corrected chi connectivity index (χ3v) is 8.67. The van der Waals surface area contributed by atoms with Gasteiger partial charge in [-0.25, -0.2) is 0 Å². The molecule has 12 heteroatoms. The van der Waals surface area contributed by atoms with Crippen molar-refractivity contribution in [3.05, 3.63) is 59.4 Å². The molecule has 0 radical (unpaired) electrons. The molecule has 0 bridgehead atoms. The number of carbonyl (C=O) groups excluding carboxylic acids is 1. The second-order valence-electron chi connectivity index (χ2n) is 13.0. The maximum absolute atomic E-state index is 12.8. The van der Waals surface area contributed by atoms with Crippen molar-refractivity contribution < 1.29 is 19.4 Å². The standard InChI is InChI=1S/C39H70N8O4/c1-4-46(28-23-43-20-17-41-16-15-40)26-5-8-32-51-36-12-13-37(39(49)33-36)38(48)14-10-34(2)9-11-35(3)50-31-7-6-27-47-29-24-44-21-18-42-19-22-45-25-30-47/h9-14,33,41-45,49H,4-8,15-32,40H2,1-3H3/b14-10+,34-9+,35-11+. The molecule has 0 aromatic heterocycles. The number of hydrogen-bond acceptors (Lipinski definition) is 12. The number of nitrogens with two attached hydrogens (primary N) is 1. The van der Waals surface area contributed by atoms with Crippen molar-refractivity contribution in [2.75, 3.05) is 124 Å². The molecule has 8 N–H and O–H groups in total. The summed E-state index contributed by atoms with van der Waals surface area (Å²) in [6.45, 7) is 24.0. The van der Waals surface area contributed by atoms with E-state index in [-0.39, 0.29) is 17.1 Å². The minimum absolute atomic E-state index is 0.0789. The lowest BCUT2D eigenvalue weighted by Crippen LogP contribution is -2.42. The fraction of sp³-hybridized carbons (Fsp3) is 0.667. The number of unbranched alkanes of at least 4 members (excludes halogenated alkanes) is 2. The number of likely N-dealkylation sites (N-methyl/N-ethyl adjacent to an activating group) is 1. The number of aromatic hydroxyl groups is 1. The summed E-state index contributed by atoms with van der Waals surface area (Å²) in [6, 6.07) is 4.88. The Morgan fingerprint density at radius 1 is 0.882 bits per heavy atom.